The van der Waals surface area contributed by atoms with Crippen LogP contribution in [0, 0.1) is 0 Å². The Morgan fingerprint density at radius 2 is 0.625 bits per heavy atom. The third-order valence-electron chi connectivity index (χ3n) is 6.16. The third kappa shape index (κ3) is 6.47. The Bertz CT molecular complexity index is 935. The molecule has 0 aliphatic heterocycles. The Morgan fingerprint density at radius 1 is 0.344 bits per heavy atom. The fraction of sp³-hybridized carbons (Fsp3) is 0.500. The van der Waals surface area contributed by atoms with Gasteiger partial charge in [0.2, 0.25) is 0 Å². The van der Waals surface area contributed by atoms with Crippen molar-refractivity contribution in [3.63, 3.8) is 0 Å². The lowest BCUT2D eigenvalue weighted by Crippen LogP contribution is -2.14. The van der Waals surface area contributed by atoms with Crippen LogP contribution in [0.5, 0.6) is 0 Å². The van der Waals surface area contributed by atoms with Crippen LogP contribution in [0.3, 0.4) is 0 Å². The maximum absolute atomic E-state index is 2.28. The van der Waals surface area contributed by atoms with Crippen molar-refractivity contribution >= 4 is 10.8 Å². The first kappa shape index (κ1) is 26.2. The van der Waals surface area contributed by atoms with Gasteiger partial charge in [-0.1, -0.05) is 144 Å². The first-order chi connectivity index (χ1) is 14.4. The molecule has 0 nitrogen and oxygen atoms in total. The molecule has 0 aliphatic rings. The molecule has 0 saturated heterocycles. The van der Waals surface area contributed by atoms with Gasteiger partial charge in [0.1, 0.15) is 0 Å². The Kier molecular flexibility index (Phi) is 7.40. The number of hydrogen-bond donors (Lipinski definition) is 0. The SMILES string of the molecule is CC(C)(C)c1ccc(C(C)(C)C)cc1.CC(C)(C)c1cccc2c(C(C)(C)C)cccc12. The highest BCUT2D eigenvalue weighted by molar-refractivity contribution is 5.90. The lowest BCUT2D eigenvalue weighted by atomic mass is 9.79. The zero-order chi connectivity index (χ0) is 24.5. The van der Waals surface area contributed by atoms with Crippen LogP contribution in [0.15, 0.2) is 60.7 Å². The van der Waals surface area contributed by atoms with Crippen molar-refractivity contribution in [3.8, 4) is 0 Å². The normalized spacial score (nSPS) is 13.0. The van der Waals surface area contributed by atoms with Gasteiger partial charge >= 0.3 is 0 Å². The molecule has 0 saturated carbocycles. The van der Waals surface area contributed by atoms with Crippen LogP contribution in [-0.2, 0) is 21.7 Å². The van der Waals surface area contributed by atoms with Gasteiger partial charge < -0.3 is 0 Å². The fourth-order valence-corrected chi connectivity index (χ4v) is 4.09. The van der Waals surface area contributed by atoms with Crippen molar-refractivity contribution in [1.29, 1.82) is 0 Å². The first-order valence-corrected chi connectivity index (χ1v) is 12.1. The fourth-order valence-electron chi connectivity index (χ4n) is 4.09. The zero-order valence-electron chi connectivity index (χ0n) is 22.8. The second kappa shape index (κ2) is 9.05. The summed E-state index contributed by atoms with van der Waals surface area (Å²) in [7, 11) is 0. The Balaban J connectivity index is 0.000000235. The van der Waals surface area contributed by atoms with Gasteiger partial charge in [-0.15, -0.1) is 0 Å². The molecule has 174 valence electrons. The van der Waals surface area contributed by atoms with E-state index < -0.39 is 0 Å². The molecule has 0 aliphatic carbocycles. The number of fused-ring (bicyclic) bond motifs is 1. The van der Waals surface area contributed by atoms with E-state index >= 15 is 0 Å². The molecule has 0 atom stereocenters. The molecule has 0 N–H and O–H groups in total. The summed E-state index contributed by atoms with van der Waals surface area (Å²) in [5.41, 5.74) is 6.59. The molecule has 0 radical (unpaired) electrons. The highest BCUT2D eigenvalue weighted by Crippen LogP contribution is 2.35. The molecule has 3 aromatic rings. The van der Waals surface area contributed by atoms with E-state index in [0.717, 1.165) is 0 Å². The zero-order valence-corrected chi connectivity index (χ0v) is 22.8. The van der Waals surface area contributed by atoms with Crippen LogP contribution >= 0.6 is 0 Å². The third-order valence-corrected chi connectivity index (χ3v) is 6.16. The summed E-state index contributed by atoms with van der Waals surface area (Å²) >= 11 is 0. The van der Waals surface area contributed by atoms with Crippen LogP contribution in [-0.4, -0.2) is 0 Å². The van der Waals surface area contributed by atoms with Crippen LogP contribution < -0.4 is 0 Å². The van der Waals surface area contributed by atoms with Gasteiger partial charge in [-0.25, -0.2) is 0 Å². The largest absolute Gasteiger partial charge is 0.0613 e. The molecule has 3 rings (SSSR count). The van der Waals surface area contributed by atoms with Gasteiger partial charge in [-0.05, 0) is 54.7 Å². The van der Waals surface area contributed by atoms with Crippen LogP contribution in [0.2, 0.25) is 0 Å². The van der Waals surface area contributed by atoms with Gasteiger partial charge in [0.05, 0.1) is 0 Å². The summed E-state index contributed by atoms with van der Waals surface area (Å²) in [4.78, 5) is 0. The van der Waals surface area contributed by atoms with Crippen LogP contribution in [0.25, 0.3) is 10.8 Å². The van der Waals surface area contributed by atoms with E-state index in [1.807, 2.05) is 0 Å². The topological polar surface area (TPSA) is 0 Å². The van der Waals surface area contributed by atoms with Crippen molar-refractivity contribution in [2.75, 3.05) is 0 Å². The standard InChI is InChI=1S/C18H24.C14H22/c1-17(2,3)15-11-7-10-14-13(15)9-8-12-16(14)18(4,5)6;1-13(2,3)11-7-9-12(10-8-11)14(4,5)6/h7-12H,1-6H3;7-10H,1-6H3. The molecule has 3 aromatic carbocycles. The molecule has 0 heterocycles. The highest BCUT2D eigenvalue weighted by atomic mass is 14.3. The average Bonchev–Trinajstić information content (AvgIpc) is 2.65. The average molecular weight is 431 g/mol. The smallest absolute Gasteiger partial charge is 0.0126 e. The van der Waals surface area contributed by atoms with E-state index in [1.165, 1.54) is 33.0 Å². The minimum absolute atomic E-state index is 0.190. The van der Waals surface area contributed by atoms with E-state index in [2.05, 4.69) is 144 Å². The Morgan fingerprint density at radius 3 is 0.844 bits per heavy atom. The summed E-state index contributed by atoms with van der Waals surface area (Å²) in [6, 6.07) is 22.4. The molecule has 0 heteroatoms. The summed E-state index contributed by atoms with van der Waals surface area (Å²) in [6.07, 6.45) is 0. The molecule has 0 aromatic heterocycles. The van der Waals surface area contributed by atoms with Crippen LogP contribution in [0.1, 0.15) is 105 Å². The second-order valence-electron chi connectivity index (χ2n) is 13.3. The van der Waals surface area contributed by atoms with Crippen molar-refractivity contribution in [2.45, 2.75) is 105 Å². The molecule has 0 amide bonds. The molecule has 0 fully saturated rings. The molecular formula is C32H46. The van der Waals surface area contributed by atoms with E-state index in [0.29, 0.717) is 0 Å². The summed E-state index contributed by atoms with van der Waals surface area (Å²) < 4.78 is 0. The molecule has 0 unspecified atom stereocenters. The lowest BCUT2D eigenvalue weighted by Gasteiger charge is -2.25. The number of rotatable bonds is 0. The van der Waals surface area contributed by atoms with E-state index in [-0.39, 0.29) is 21.7 Å². The summed E-state index contributed by atoms with van der Waals surface area (Å²) in [6.45, 7) is 27.2. The highest BCUT2D eigenvalue weighted by Gasteiger charge is 2.21. The minimum Gasteiger partial charge on any atom is -0.0613 e. The van der Waals surface area contributed by atoms with Gasteiger partial charge in [-0.3, -0.25) is 0 Å². The van der Waals surface area contributed by atoms with E-state index in [1.54, 1.807) is 0 Å². The monoisotopic (exact) mass is 430 g/mol. The maximum Gasteiger partial charge on any atom is -0.0126 e. The second-order valence-corrected chi connectivity index (χ2v) is 13.3. The van der Waals surface area contributed by atoms with Crippen molar-refractivity contribution < 1.29 is 0 Å². The molecule has 0 bridgehead atoms. The molecule has 32 heavy (non-hydrogen) atoms. The van der Waals surface area contributed by atoms with Crippen molar-refractivity contribution in [1.82, 2.24) is 0 Å². The lowest BCUT2D eigenvalue weighted by molar-refractivity contribution is 0.577. The van der Waals surface area contributed by atoms with E-state index in [4.69, 9.17) is 0 Å². The van der Waals surface area contributed by atoms with Gasteiger partial charge in [-0.2, -0.15) is 0 Å². The quantitative estimate of drug-likeness (QED) is 0.333. The number of benzene rings is 3. The minimum atomic E-state index is 0.190. The Hall–Kier alpha value is -2.08. The molecular weight excluding hydrogens is 384 g/mol. The van der Waals surface area contributed by atoms with Crippen molar-refractivity contribution in [2.24, 2.45) is 0 Å². The van der Waals surface area contributed by atoms with E-state index in [9.17, 15) is 0 Å². The maximum atomic E-state index is 2.28. The van der Waals surface area contributed by atoms with Gasteiger partial charge in [0.25, 0.3) is 0 Å². The first-order valence-electron chi connectivity index (χ1n) is 12.1. The summed E-state index contributed by atoms with van der Waals surface area (Å²) in [5, 5.41) is 2.80. The predicted molar refractivity (Wildman–Crippen MR) is 145 cm³/mol. The predicted octanol–water partition coefficient (Wildman–Crippen LogP) is 9.72. The molecule has 0 spiro atoms. The van der Waals surface area contributed by atoms with Crippen molar-refractivity contribution in [3.05, 3.63) is 82.9 Å². The Labute approximate surface area is 198 Å². The summed E-state index contributed by atoms with van der Waals surface area (Å²) in [5.74, 6) is 0. The van der Waals surface area contributed by atoms with Gasteiger partial charge in [0, 0.05) is 0 Å². The van der Waals surface area contributed by atoms with Crippen LogP contribution in [0.4, 0.5) is 0 Å². The van der Waals surface area contributed by atoms with Gasteiger partial charge in [0.15, 0.2) is 0 Å². The number of hydrogen-bond acceptors (Lipinski definition) is 0.